The average Bonchev–Trinajstić information content (AvgIpc) is 3.42. The molecule has 10 heteroatoms. The summed E-state index contributed by atoms with van der Waals surface area (Å²) in [6.07, 6.45) is 1.35. The fourth-order valence-corrected chi connectivity index (χ4v) is 5.54. The Hall–Kier alpha value is -3.43. The summed E-state index contributed by atoms with van der Waals surface area (Å²) in [5, 5.41) is 5.63. The van der Waals surface area contributed by atoms with Crippen LogP contribution >= 0.6 is 0 Å². The molecular formula is C29H43N5O5. The Morgan fingerprint density at radius 1 is 0.897 bits per heavy atom. The Balaban J connectivity index is 1.77. The number of hydrogen-bond donors (Lipinski definition) is 2. The van der Waals surface area contributed by atoms with Gasteiger partial charge in [0.1, 0.15) is 18.1 Å². The van der Waals surface area contributed by atoms with E-state index >= 15 is 0 Å². The van der Waals surface area contributed by atoms with E-state index in [0.29, 0.717) is 31.4 Å². The highest BCUT2D eigenvalue weighted by molar-refractivity contribution is 6.01. The monoisotopic (exact) mass is 541 g/mol. The molecule has 4 amide bonds. The van der Waals surface area contributed by atoms with Crippen LogP contribution < -0.4 is 15.5 Å². The Morgan fingerprint density at radius 2 is 1.44 bits per heavy atom. The first-order valence-corrected chi connectivity index (χ1v) is 13.8. The van der Waals surface area contributed by atoms with Crippen LogP contribution in [0.2, 0.25) is 0 Å². The summed E-state index contributed by atoms with van der Waals surface area (Å²) >= 11 is 0. The highest BCUT2D eigenvalue weighted by atomic mass is 16.2. The number of nitrogens with one attached hydrogen (secondary N) is 2. The van der Waals surface area contributed by atoms with Crippen molar-refractivity contribution in [3.05, 3.63) is 29.8 Å². The standard InChI is InChI=1S/C29H43N5O5/c1-17(2)14-22(30-19(5)35)29(39)34-16-25(36)26-24(34)12-13-33(26)28(38)23(15-18(3)4)31-27(37)20-8-10-21(11-9-20)32(6)7/h8-11,17-18,22-24,26H,12-16H2,1-7H3,(H,30,35)(H,31,37)/t22-,23+,24?,26+/m1/s1. The normalized spacial score (nSPS) is 20.2. The number of hydrogen-bond acceptors (Lipinski definition) is 6. The van der Waals surface area contributed by atoms with Crippen molar-refractivity contribution in [2.45, 2.75) is 78.0 Å². The van der Waals surface area contributed by atoms with Gasteiger partial charge in [0.2, 0.25) is 17.7 Å². The van der Waals surface area contributed by atoms with Crippen molar-refractivity contribution in [2.24, 2.45) is 11.8 Å². The minimum atomic E-state index is -0.796. The van der Waals surface area contributed by atoms with Crippen LogP contribution in [0.15, 0.2) is 24.3 Å². The molecule has 1 aromatic carbocycles. The minimum absolute atomic E-state index is 0.0917. The van der Waals surface area contributed by atoms with Gasteiger partial charge in [0.25, 0.3) is 5.91 Å². The quantitative estimate of drug-likeness (QED) is 0.467. The third-order valence-electron chi connectivity index (χ3n) is 7.33. The van der Waals surface area contributed by atoms with E-state index in [1.807, 2.05) is 58.8 Å². The number of fused-ring (bicyclic) bond motifs is 1. The molecule has 2 N–H and O–H groups in total. The van der Waals surface area contributed by atoms with Crippen molar-refractivity contribution in [1.82, 2.24) is 20.4 Å². The molecule has 1 unspecified atom stereocenters. The number of rotatable bonds is 10. The van der Waals surface area contributed by atoms with Crippen molar-refractivity contribution in [3.8, 4) is 0 Å². The molecule has 2 saturated heterocycles. The molecule has 3 rings (SSSR count). The van der Waals surface area contributed by atoms with E-state index < -0.39 is 24.2 Å². The van der Waals surface area contributed by atoms with Gasteiger partial charge in [0, 0.05) is 38.8 Å². The van der Waals surface area contributed by atoms with Gasteiger partial charge in [-0.3, -0.25) is 24.0 Å². The fourth-order valence-electron chi connectivity index (χ4n) is 5.54. The van der Waals surface area contributed by atoms with E-state index in [9.17, 15) is 24.0 Å². The van der Waals surface area contributed by atoms with Crippen LogP contribution in [0.5, 0.6) is 0 Å². The topological polar surface area (TPSA) is 119 Å². The number of Topliss-reactive ketones (excluding diaryl/α,β-unsaturated/α-hetero) is 1. The summed E-state index contributed by atoms with van der Waals surface area (Å²) in [5.74, 6) is -1.15. The maximum absolute atomic E-state index is 13.8. The Labute approximate surface area is 231 Å². The second kappa shape index (κ2) is 12.6. The molecule has 2 aliphatic heterocycles. The second-order valence-corrected chi connectivity index (χ2v) is 11.7. The molecule has 0 aliphatic carbocycles. The number of nitrogens with zero attached hydrogens (tertiary/aromatic N) is 3. The van der Waals surface area contributed by atoms with Crippen LogP contribution in [0, 0.1) is 11.8 Å². The summed E-state index contributed by atoms with van der Waals surface area (Å²) < 4.78 is 0. The molecule has 10 nitrogen and oxygen atoms in total. The summed E-state index contributed by atoms with van der Waals surface area (Å²) in [6.45, 7) is 9.48. The van der Waals surface area contributed by atoms with Crippen molar-refractivity contribution < 1.29 is 24.0 Å². The van der Waals surface area contributed by atoms with E-state index in [-0.39, 0.29) is 47.8 Å². The lowest BCUT2D eigenvalue weighted by Gasteiger charge is -2.30. The SMILES string of the molecule is CC(=O)N[C@H](CC(C)C)C(=O)N1CC(=O)[C@@H]2C1CCN2C(=O)[C@H](CC(C)C)NC(=O)c1ccc(N(C)C)cc1. The van der Waals surface area contributed by atoms with E-state index in [2.05, 4.69) is 10.6 Å². The summed E-state index contributed by atoms with van der Waals surface area (Å²) in [7, 11) is 3.83. The maximum atomic E-state index is 13.8. The first kappa shape index (κ1) is 30.1. The van der Waals surface area contributed by atoms with Crippen molar-refractivity contribution >= 4 is 35.1 Å². The van der Waals surface area contributed by atoms with Gasteiger partial charge in [-0.15, -0.1) is 0 Å². The Bertz CT molecular complexity index is 1080. The van der Waals surface area contributed by atoms with Gasteiger partial charge in [0.05, 0.1) is 12.6 Å². The first-order chi connectivity index (χ1) is 18.3. The van der Waals surface area contributed by atoms with E-state index in [1.165, 1.54) is 11.8 Å². The molecule has 0 radical (unpaired) electrons. The molecule has 39 heavy (non-hydrogen) atoms. The molecule has 2 aliphatic rings. The maximum Gasteiger partial charge on any atom is 0.251 e. The molecule has 0 spiro atoms. The van der Waals surface area contributed by atoms with Crippen LogP contribution in [0.25, 0.3) is 0 Å². The van der Waals surface area contributed by atoms with Crippen LogP contribution in [0.1, 0.15) is 64.2 Å². The van der Waals surface area contributed by atoms with Gasteiger partial charge in [-0.1, -0.05) is 27.7 Å². The smallest absolute Gasteiger partial charge is 0.251 e. The number of likely N-dealkylation sites (tertiary alicyclic amines) is 2. The lowest BCUT2D eigenvalue weighted by Crippen LogP contribution is -2.53. The number of carbonyl (C=O) groups is 5. The largest absolute Gasteiger partial charge is 0.378 e. The van der Waals surface area contributed by atoms with Gasteiger partial charge in [-0.25, -0.2) is 0 Å². The number of ketones is 1. The summed E-state index contributed by atoms with van der Waals surface area (Å²) in [5.41, 5.74) is 1.40. The molecule has 0 bridgehead atoms. The van der Waals surface area contributed by atoms with Crippen molar-refractivity contribution in [3.63, 3.8) is 0 Å². The van der Waals surface area contributed by atoms with Gasteiger partial charge in [0.15, 0.2) is 5.78 Å². The molecule has 0 saturated carbocycles. The lowest BCUT2D eigenvalue weighted by molar-refractivity contribution is -0.138. The molecule has 2 heterocycles. The summed E-state index contributed by atoms with van der Waals surface area (Å²) in [4.78, 5) is 70.2. The van der Waals surface area contributed by atoms with Gasteiger partial charge in [-0.05, 0) is 55.4 Å². The zero-order valence-corrected chi connectivity index (χ0v) is 24.2. The lowest BCUT2D eigenvalue weighted by atomic mass is 10.0. The predicted molar refractivity (Wildman–Crippen MR) is 149 cm³/mol. The molecule has 2 fully saturated rings. The zero-order valence-electron chi connectivity index (χ0n) is 24.2. The summed E-state index contributed by atoms with van der Waals surface area (Å²) in [6, 6.07) is 4.43. The molecule has 4 atom stereocenters. The van der Waals surface area contributed by atoms with E-state index in [4.69, 9.17) is 0 Å². The number of anilines is 1. The molecule has 1 aromatic rings. The minimum Gasteiger partial charge on any atom is -0.378 e. The fraction of sp³-hybridized carbons (Fsp3) is 0.621. The van der Waals surface area contributed by atoms with E-state index in [0.717, 1.165) is 5.69 Å². The highest BCUT2D eigenvalue weighted by Crippen LogP contribution is 2.31. The number of benzene rings is 1. The third kappa shape index (κ3) is 7.16. The average molecular weight is 542 g/mol. The molecular weight excluding hydrogens is 498 g/mol. The Morgan fingerprint density at radius 3 is 1.95 bits per heavy atom. The van der Waals surface area contributed by atoms with Crippen LogP contribution in [0.4, 0.5) is 5.69 Å². The number of amides is 4. The van der Waals surface area contributed by atoms with Crippen LogP contribution in [-0.4, -0.2) is 90.6 Å². The zero-order chi connectivity index (χ0) is 29.0. The van der Waals surface area contributed by atoms with Gasteiger partial charge >= 0.3 is 0 Å². The van der Waals surface area contributed by atoms with Crippen LogP contribution in [0.3, 0.4) is 0 Å². The van der Waals surface area contributed by atoms with Crippen molar-refractivity contribution in [2.75, 3.05) is 32.1 Å². The predicted octanol–water partition coefficient (Wildman–Crippen LogP) is 1.83. The first-order valence-electron chi connectivity index (χ1n) is 13.8. The third-order valence-corrected chi connectivity index (χ3v) is 7.33. The van der Waals surface area contributed by atoms with Gasteiger partial charge in [-0.2, -0.15) is 0 Å². The Kier molecular flexibility index (Phi) is 9.74. The highest BCUT2D eigenvalue weighted by Gasteiger charge is 2.53. The second-order valence-electron chi connectivity index (χ2n) is 11.7. The molecule has 214 valence electrons. The molecule has 0 aromatic heterocycles. The van der Waals surface area contributed by atoms with Crippen LogP contribution in [-0.2, 0) is 19.2 Å². The van der Waals surface area contributed by atoms with Crippen molar-refractivity contribution in [1.29, 1.82) is 0 Å². The van der Waals surface area contributed by atoms with E-state index in [1.54, 1.807) is 17.0 Å². The number of carbonyl (C=O) groups excluding carboxylic acids is 5. The van der Waals surface area contributed by atoms with Gasteiger partial charge < -0.3 is 25.3 Å².